The van der Waals surface area contributed by atoms with Crippen molar-refractivity contribution in [3.63, 3.8) is 0 Å². The summed E-state index contributed by atoms with van der Waals surface area (Å²) in [6, 6.07) is 3.57. The standard InChI is InChI=1S/C21H24F3N5O2/c1-13(2)27-20(30)9-18-16-12-29(28-17(16)4-6-25-18)11-15-8-14(3)19(10-26-15)31-7-5-21(22,23)24/h4,6,8,10,12-13H,5,7,9,11H2,1-3H3,(H,27,30). The molecule has 0 fully saturated rings. The minimum Gasteiger partial charge on any atom is -0.491 e. The van der Waals surface area contributed by atoms with E-state index in [2.05, 4.69) is 20.4 Å². The Hall–Kier alpha value is -3.17. The first-order valence-electron chi connectivity index (χ1n) is 9.86. The van der Waals surface area contributed by atoms with E-state index in [1.54, 1.807) is 29.9 Å². The van der Waals surface area contributed by atoms with Crippen LogP contribution < -0.4 is 10.1 Å². The summed E-state index contributed by atoms with van der Waals surface area (Å²) >= 11 is 0. The van der Waals surface area contributed by atoms with Gasteiger partial charge < -0.3 is 10.1 Å². The lowest BCUT2D eigenvalue weighted by Crippen LogP contribution is -2.31. The molecule has 3 rings (SSSR count). The van der Waals surface area contributed by atoms with Crippen molar-refractivity contribution in [1.29, 1.82) is 0 Å². The summed E-state index contributed by atoms with van der Waals surface area (Å²) in [5, 5.41) is 8.14. The molecule has 3 aromatic heterocycles. The topological polar surface area (TPSA) is 81.9 Å². The first kappa shape index (κ1) is 22.5. The van der Waals surface area contributed by atoms with E-state index in [4.69, 9.17) is 4.74 Å². The van der Waals surface area contributed by atoms with E-state index in [1.165, 1.54) is 6.20 Å². The predicted molar refractivity (Wildman–Crippen MR) is 109 cm³/mol. The van der Waals surface area contributed by atoms with Crippen LogP contribution in [0.1, 0.15) is 37.2 Å². The molecule has 10 heteroatoms. The van der Waals surface area contributed by atoms with E-state index in [0.717, 1.165) is 5.39 Å². The number of amides is 1. The summed E-state index contributed by atoms with van der Waals surface area (Å²) in [4.78, 5) is 20.7. The highest BCUT2D eigenvalue weighted by Gasteiger charge is 2.27. The number of pyridine rings is 2. The summed E-state index contributed by atoms with van der Waals surface area (Å²) in [6.45, 7) is 5.45. The van der Waals surface area contributed by atoms with Crippen molar-refractivity contribution >= 4 is 16.8 Å². The highest BCUT2D eigenvalue weighted by atomic mass is 19.4. The molecule has 0 unspecified atom stereocenters. The molecule has 3 heterocycles. The van der Waals surface area contributed by atoms with E-state index in [1.807, 2.05) is 20.0 Å². The molecule has 0 aliphatic carbocycles. The van der Waals surface area contributed by atoms with Crippen LogP contribution in [0, 0.1) is 6.92 Å². The van der Waals surface area contributed by atoms with Crippen molar-refractivity contribution < 1.29 is 22.7 Å². The molecule has 0 aliphatic rings. The monoisotopic (exact) mass is 435 g/mol. The van der Waals surface area contributed by atoms with Gasteiger partial charge in [-0.1, -0.05) is 0 Å². The molecular weight excluding hydrogens is 411 g/mol. The summed E-state index contributed by atoms with van der Waals surface area (Å²) in [6.07, 6.45) is -0.263. The van der Waals surface area contributed by atoms with Crippen LogP contribution in [0.25, 0.3) is 10.9 Å². The number of carbonyl (C=O) groups is 1. The number of aromatic nitrogens is 4. The maximum absolute atomic E-state index is 12.3. The van der Waals surface area contributed by atoms with E-state index in [-0.39, 0.29) is 18.4 Å². The molecule has 3 aromatic rings. The zero-order valence-electron chi connectivity index (χ0n) is 17.5. The second kappa shape index (κ2) is 9.32. The Morgan fingerprint density at radius 2 is 2.06 bits per heavy atom. The predicted octanol–water partition coefficient (Wildman–Crippen LogP) is 3.58. The first-order chi connectivity index (χ1) is 14.6. The number of ether oxygens (including phenoxy) is 1. The average molecular weight is 435 g/mol. The third kappa shape index (κ3) is 6.40. The molecule has 0 aromatic carbocycles. The minimum atomic E-state index is -4.26. The Morgan fingerprint density at radius 1 is 1.29 bits per heavy atom. The van der Waals surface area contributed by atoms with Crippen LogP contribution >= 0.6 is 0 Å². The zero-order chi connectivity index (χ0) is 22.6. The van der Waals surface area contributed by atoms with Gasteiger partial charge in [0, 0.05) is 23.8 Å². The third-order valence-corrected chi connectivity index (χ3v) is 4.43. The lowest BCUT2D eigenvalue weighted by atomic mass is 10.2. The number of carbonyl (C=O) groups excluding carboxylic acids is 1. The zero-order valence-corrected chi connectivity index (χ0v) is 17.5. The molecule has 166 valence electrons. The van der Waals surface area contributed by atoms with Crippen molar-refractivity contribution in [3.8, 4) is 5.75 Å². The Labute approximate surface area is 177 Å². The molecule has 0 aliphatic heterocycles. The van der Waals surface area contributed by atoms with Crippen LogP contribution in [0.5, 0.6) is 5.75 Å². The summed E-state index contributed by atoms with van der Waals surface area (Å²) in [7, 11) is 0. The van der Waals surface area contributed by atoms with Gasteiger partial charge in [0.15, 0.2) is 0 Å². The van der Waals surface area contributed by atoms with Gasteiger partial charge in [-0.15, -0.1) is 0 Å². The van der Waals surface area contributed by atoms with Gasteiger partial charge in [0.2, 0.25) is 5.91 Å². The van der Waals surface area contributed by atoms with Gasteiger partial charge in [0.05, 0.1) is 49.1 Å². The van der Waals surface area contributed by atoms with E-state index >= 15 is 0 Å². The molecule has 0 bridgehead atoms. The molecule has 0 saturated carbocycles. The molecule has 0 atom stereocenters. The van der Waals surface area contributed by atoms with Crippen molar-refractivity contribution in [2.24, 2.45) is 0 Å². The largest absolute Gasteiger partial charge is 0.491 e. The molecule has 1 amide bonds. The number of rotatable bonds is 8. The number of nitrogens with zero attached hydrogens (tertiary/aromatic N) is 4. The molecule has 7 nitrogen and oxygen atoms in total. The van der Waals surface area contributed by atoms with Crippen molar-refractivity contribution in [3.05, 3.63) is 47.7 Å². The molecule has 0 spiro atoms. The van der Waals surface area contributed by atoms with Crippen LogP contribution in [-0.4, -0.2) is 44.5 Å². The normalized spacial score (nSPS) is 11.8. The highest BCUT2D eigenvalue weighted by molar-refractivity contribution is 5.86. The second-order valence-corrected chi connectivity index (χ2v) is 7.57. The van der Waals surface area contributed by atoms with Crippen molar-refractivity contribution in [2.75, 3.05) is 6.61 Å². The fourth-order valence-electron chi connectivity index (χ4n) is 3.08. The second-order valence-electron chi connectivity index (χ2n) is 7.57. The van der Waals surface area contributed by atoms with E-state index in [9.17, 15) is 18.0 Å². The smallest absolute Gasteiger partial charge is 0.392 e. The van der Waals surface area contributed by atoms with Gasteiger partial charge in [0.25, 0.3) is 0 Å². The van der Waals surface area contributed by atoms with Crippen molar-refractivity contribution in [1.82, 2.24) is 25.1 Å². The lowest BCUT2D eigenvalue weighted by molar-refractivity contribution is -0.139. The maximum Gasteiger partial charge on any atom is 0.392 e. The molecule has 31 heavy (non-hydrogen) atoms. The summed E-state index contributed by atoms with van der Waals surface area (Å²) in [5.74, 6) is 0.211. The number of halogens is 3. The third-order valence-electron chi connectivity index (χ3n) is 4.43. The Bertz CT molecular complexity index is 1060. The van der Waals surface area contributed by atoms with E-state index in [0.29, 0.717) is 34.8 Å². The van der Waals surface area contributed by atoms with Gasteiger partial charge in [-0.25, -0.2) is 0 Å². The van der Waals surface area contributed by atoms with Crippen LogP contribution in [0.4, 0.5) is 13.2 Å². The van der Waals surface area contributed by atoms with Crippen LogP contribution in [0.15, 0.2) is 30.7 Å². The van der Waals surface area contributed by atoms with Gasteiger partial charge in [-0.05, 0) is 38.5 Å². The Balaban J connectivity index is 1.71. The summed E-state index contributed by atoms with van der Waals surface area (Å²) in [5.41, 5.74) is 2.72. The van der Waals surface area contributed by atoms with E-state index < -0.39 is 19.2 Å². The number of aryl methyl sites for hydroxylation is 1. The van der Waals surface area contributed by atoms with Gasteiger partial charge in [0.1, 0.15) is 5.75 Å². The quantitative estimate of drug-likeness (QED) is 0.585. The molecular formula is C21H24F3N5O2. The molecule has 0 radical (unpaired) electrons. The molecule has 1 N–H and O–H groups in total. The van der Waals surface area contributed by atoms with Gasteiger partial charge in [-0.2, -0.15) is 18.3 Å². The fraction of sp³-hybridized carbons (Fsp3) is 0.429. The lowest BCUT2D eigenvalue weighted by Gasteiger charge is -2.11. The number of nitrogens with one attached hydrogen (secondary N) is 1. The number of fused-ring (bicyclic) bond motifs is 1. The number of alkyl halides is 3. The fourth-order valence-corrected chi connectivity index (χ4v) is 3.08. The Morgan fingerprint density at radius 3 is 2.74 bits per heavy atom. The summed E-state index contributed by atoms with van der Waals surface area (Å²) < 4.78 is 43.7. The Kier molecular flexibility index (Phi) is 6.77. The average Bonchev–Trinajstić information content (AvgIpc) is 3.05. The molecule has 0 saturated heterocycles. The number of hydrogen-bond acceptors (Lipinski definition) is 5. The minimum absolute atomic E-state index is 0.0455. The SMILES string of the molecule is Cc1cc(Cn2cc3c(CC(=O)NC(C)C)nccc3n2)ncc1OCCC(F)(F)F. The van der Waals surface area contributed by atoms with Gasteiger partial charge >= 0.3 is 6.18 Å². The van der Waals surface area contributed by atoms with Crippen LogP contribution in [-0.2, 0) is 17.8 Å². The van der Waals surface area contributed by atoms with Gasteiger partial charge in [-0.3, -0.25) is 19.4 Å². The van der Waals surface area contributed by atoms with Crippen LogP contribution in [0.2, 0.25) is 0 Å². The van der Waals surface area contributed by atoms with Crippen LogP contribution in [0.3, 0.4) is 0 Å². The van der Waals surface area contributed by atoms with Crippen molar-refractivity contribution in [2.45, 2.75) is 52.4 Å². The maximum atomic E-state index is 12.3. The first-order valence-corrected chi connectivity index (χ1v) is 9.86. The highest BCUT2D eigenvalue weighted by Crippen LogP contribution is 2.23. The number of hydrogen-bond donors (Lipinski definition) is 1.